The van der Waals surface area contributed by atoms with Gasteiger partial charge in [0.1, 0.15) is 11.7 Å². The van der Waals surface area contributed by atoms with Crippen LogP contribution in [0, 0.1) is 0 Å². The van der Waals surface area contributed by atoms with Crippen molar-refractivity contribution in [3.8, 4) is 5.69 Å². The molecule has 1 saturated carbocycles. The highest BCUT2D eigenvalue weighted by Gasteiger charge is 2.30. The van der Waals surface area contributed by atoms with E-state index in [2.05, 4.69) is 10.4 Å². The summed E-state index contributed by atoms with van der Waals surface area (Å²) in [6.45, 7) is 1.81. The van der Waals surface area contributed by atoms with Crippen LogP contribution in [-0.2, 0) is 4.79 Å². The van der Waals surface area contributed by atoms with Gasteiger partial charge in [0.05, 0.1) is 11.4 Å². The Morgan fingerprint density at radius 2 is 2.08 bits per heavy atom. The van der Waals surface area contributed by atoms with E-state index in [0.29, 0.717) is 11.6 Å². The largest absolute Gasteiger partial charge is 0.480 e. The summed E-state index contributed by atoms with van der Waals surface area (Å²) in [5.41, 5.74) is 2.02. The number of carboxylic acids is 1. The third kappa shape index (κ3) is 3.96. The number of hydrogen-bond donors (Lipinski definition) is 2. The molecule has 1 heterocycles. The molecule has 6 heteroatoms. The van der Waals surface area contributed by atoms with E-state index >= 15 is 0 Å². The molecule has 0 saturated heterocycles. The number of nitrogens with one attached hydrogen (secondary N) is 1. The quantitative estimate of drug-likeness (QED) is 0.760. The predicted molar refractivity (Wildman–Crippen MR) is 93.9 cm³/mol. The highest BCUT2D eigenvalue weighted by atomic mass is 16.4. The van der Waals surface area contributed by atoms with Gasteiger partial charge in [-0.1, -0.05) is 30.4 Å². The van der Waals surface area contributed by atoms with Crippen LogP contribution in [0.25, 0.3) is 5.69 Å². The Bertz CT molecular complexity index is 792. The average molecular weight is 339 g/mol. The maximum absolute atomic E-state index is 12.7. The van der Waals surface area contributed by atoms with Crippen LogP contribution in [0.5, 0.6) is 0 Å². The normalized spacial score (nSPS) is 15.2. The van der Waals surface area contributed by atoms with Gasteiger partial charge in [-0.05, 0) is 44.4 Å². The second kappa shape index (κ2) is 7.34. The van der Waals surface area contributed by atoms with Crippen LogP contribution < -0.4 is 5.32 Å². The number of allylic oxidation sites excluding steroid dienone is 1. The van der Waals surface area contributed by atoms with E-state index in [9.17, 15) is 14.7 Å². The van der Waals surface area contributed by atoms with Crippen LogP contribution in [0.4, 0.5) is 0 Å². The van der Waals surface area contributed by atoms with E-state index in [1.807, 2.05) is 37.3 Å². The van der Waals surface area contributed by atoms with Crippen molar-refractivity contribution in [2.45, 2.75) is 38.1 Å². The lowest BCUT2D eigenvalue weighted by atomic mass is 10.2. The lowest BCUT2D eigenvalue weighted by Crippen LogP contribution is -2.41. The van der Waals surface area contributed by atoms with Crippen molar-refractivity contribution < 1.29 is 14.7 Å². The molecule has 6 nitrogen and oxygen atoms in total. The second-order valence-electron chi connectivity index (χ2n) is 6.15. The third-order valence-corrected chi connectivity index (χ3v) is 4.17. The average Bonchev–Trinajstić information content (AvgIpc) is 3.37. The Morgan fingerprint density at radius 1 is 1.36 bits per heavy atom. The molecule has 0 radical (unpaired) electrons. The summed E-state index contributed by atoms with van der Waals surface area (Å²) in [4.78, 5) is 24.1. The van der Waals surface area contributed by atoms with Gasteiger partial charge in [0.25, 0.3) is 5.91 Å². The van der Waals surface area contributed by atoms with Gasteiger partial charge in [0.2, 0.25) is 0 Å². The molecule has 1 aliphatic carbocycles. The van der Waals surface area contributed by atoms with Crippen molar-refractivity contribution in [3.63, 3.8) is 0 Å². The summed E-state index contributed by atoms with van der Waals surface area (Å²) in [6.07, 6.45) is 5.88. The number of aromatic nitrogens is 2. The molecule has 2 N–H and O–H groups in total. The standard InChI is InChI=1S/C19H21N3O3/c1-2-3-9-15(19(24)25)20-18(23)17-12-16(13-10-11-13)21-22(17)14-7-5-4-6-8-14/h2-8,12-13,15H,9-11H2,1H3,(H,20,23)(H,24,25)/b3-2+. The van der Waals surface area contributed by atoms with E-state index in [0.717, 1.165) is 24.2 Å². The van der Waals surface area contributed by atoms with E-state index in [-0.39, 0.29) is 6.42 Å². The highest BCUT2D eigenvalue weighted by Crippen LogP contribution is 2.39. The van der Waals surface area contributed by atoms with E-state index < -0.39 is 17.9 Å². The number of rotatable bonds is 7. The van der Waals surface area contributed by atoms with E-state index in [1.165, 1.54) is 0 Å². The lowest BCUT2D eigenvalue weighted by Gasteiger charge is -2.13. The fraction of sp³-hybridized carbons (Fsp3) is 0.316. The van der Waals surface area contributed by atoms with Crippen LogP contribution in [0.15, 0.2) is 48.6 Å². The summed E-state index contributed by atoms with van der Waals surface area (Å²) in [6, 6.07) is 10.2. The van der Waals surface area contributed by atoms with Gasteiger partial charge in [0.15, 0.2) is 0 Å². The lowest BCUT2D eigenvalue weighted by molar-refractivity contribution is -0.139. The first-order chi connectivity index (χ1) is 12.1. The number of benzene rings is 1. The zero-order valence-electron chi connectivity index (χ0n) is 14.1. The zero-order chi connectivity index (χ0) is 17.8. The summed E-state index contributed by atoms with van der Waals surface area (Å²) in [5, 5.41) is 16.5. The molecule has 1 unspecified atom stereocenters. The molecule has 2 aromatic rings. The molecule has 0 bridgehead atoms. The second-order valence-corrected chi connectivity index (χ2v) is 6.15. The minimum Gasteiger partial charge on any atom is -0.480 e. The maximum Gasteiger partial charge on any atom is 0.326 e. The summed E-state index contributed by atoms with van der Waals surface area (Å²) < 4.78 is 1.59. The Hall–Kier alpha value is -2.89. The first-order valence-electron chi connectivity index (χ1n) is 8.40. The van der Waals surface area contributed by atoms with E-state index in [4.69, 9.17) is 0 Å². The first kappa shape index (κ1) is 17.0. The number of carbonyl (C=O) groups excluding carboxylic acids is 1. The molecule has 1 aliphatic rings. The topological polar surface area (TPSA) is 84.2 Å². The molecular formula is C19H21N3O3. The molecule has 1 fully saturated rings. The molecule has 0 spiro atoms. The third-order valence-electron chi connectivity index (χ3n) is 4.17. The smallest absolute Gasteiger partial charge is 0.326 e. The number of hydrogen-bond acceptors (Lipinski definition) is 3. The summed E-state index contributed by atoms with van der Waals surface area (Å²) in [7, 11) is 0. The summed E-state index contributed by atoms with van der Waals surface area (Å²) >= 11 is 0. The van der Waals surface area contributed by atoms with Crippen molar-refractivity contribution in [1.29, 1.82) is 0 Å². The Labute approximate surface area is 146 Å². The van der Waals surface area contributed by atoms with Gasteiger partial charge in [0, 0.05) is 5.92 Å². The molecule has 25 heavy (non-hydrogen) atoms. The van der Waals surface area contributed by atoms with Crippen molar-refractivity contribution in [1.82, 2.24) is 15.1 Å². The Morgan fingerprint density at radius 3 is 2.68 bits per heavy atom. The number of para-hydroxylation sites is 1. The molecule has 3 rings (SSSR count). The maximum atomic E-state index is 12.7. The number of carboxylic acid groups (broad SMARTS) is 1. The van der Waals surface area contributed by atoms with Crippen LogP contribution >= 0.6 is 0 Å². The number of amides is 1. The van der Waals surface area contributed by atoms with Crippen LogP contribution in [0.2, 0.25) is 0 Å². The number of carbonyl (C=O) groups is 2. The Kier molecular flexibility index (Phi) is 4.97. The van der Waals surface area contributed by atoms with Crippen LogP contribution in [-0.4, -0.2) is 32.8 Å². The Balaban J connectivity index is 1.89. The zero-order valence-corrected chi connectivity index (χ0v) is 14.1. The number of aliphatic carboxylic acids is 1. The molecule has 1 aromatic heterocycles. The van der Waals surface area contributed by atoms with Crippen molar-refractivity contribution in [2.75, 3.05) is 0 Å². The van der Waals surface area contributed by atoms with Crippen molar-refractivity contribution in [3.05, 3.63) is 59.9 Å². The molecule has 1 atom stereocenters. The minimum atomic E-state index is -1.06. The number of nitrogens with zero attached hydrogens (tertiary/aromatic N) is 2. The van der Waals surface area contributed by atoms with Crippen LogP contribution in [0.1, 0.15) is 48.3 Å². The molecule has 130 valence electrons. The van der Waals surface area contributed by atoms with Gasteiger partial charge in [-0.2, -0.15) is 5.10 Å². The molecular weight excluding hydrogens is 318 g/mol. The van der Waals surface area contributed by atoms with Crippen molar-refractivity contribution >= 4 is 11.9 Å². The molecule has 0 aliphatic heterocycles. The predicted octanol–water partition coefficient (Wildman–Crippen LogP) is 2.90. The van der Waals surface area contributed by atoms with Crippen LogP contribution in [0.3, 0.4) is 0 Å². The molecule has 1 aromatic carbocycles. The van der Waals surface area contributed by atoms with Gasteiger partial charge in [-0.3, -0.25) is 4.79 Å². The van der Waals surface area contributed by atoms with Gasteiger partial charge >= 0.3 is 5.97 Å². The van der Waals surface area contributed by atoms with E-state index in [1.54, 1.807) is 22.9 Å². The first-order valence-corrected chi connectivity index (χ1v) is 8.40. The fourth-order valence-electron chi connectivity index (χ4n) is 2.63. The van der Waals surface area contributed by atoms with Gasteiger partial charge in [-0.25, -0.2) is 9.48 Å². The summed E-state index contributed by atoms with van der Waals surface area (Å²) in [5.74, 6) is -1.09. The monoisotopic (exact) mass is 339 g/mol. The van der Waals surface area contributed by atoms with Gasteiger partial charge in [-0.15, -0.1) is 0 Å². The minimum absolute atomic E-state index is 0.243. The van der Waals surface area contributed by atoms with Gasteiger partial charge < -0.3 is 10.4 Å². The SMILES string of the molecule is C/C=C/CC(NC(=O)c1cc(C2CC2)nn1-c1ccccc1)C(=O)O. The molecule has 1 amide bonds. The highest BCUT2D eigenvalue weighted by molar-refractivity contribution is 5.95. The fourth-order valence-corrected chi connectivity index (χ4v) is 2.63. The van der Waals surface area contributed by atoms with Crippen molar-refractivity contribution in [2.24, 2.45) is 0 Å².